The molecule has 0 saturated heterocycles. The Morgan fingerprint density at radius 3 is 2.81 bits per heavy atom. The second-order valence-electron chi connectivity index (χ2n) is 5.06. The van der Waals surface area contributed by atoms with Crippen molar-refractivity contribution in [1.29, 1.82) is 0 Å². The predicted molar refractivity (Wildman–Crippen MR) is 85.0 cm³/mol. The summed E-state index contributed by atoms with van der Waals surface area (Å²) in [6, 6.07) is 9.85. The Labute approximate surface area is 130 Å². The fraction of sp³-hybridized carbons (Fsp3) is 0.333. The molecular weight excluding hydrogens is 288 g/mol. The van der Waals surface area contributed by atoms with Crippen molar-refractivity contribution in [3.8, 4) is 0 Å². The van der Waals surface area contributed by atoms with Gasteiger partial charge in [0, 0.05) is 38.1 Å². The molecule has 21 heavy (non-hydrogen) atoms. The van der Waals surface area contributed by atoms with E-state index in [9.17, 15) is 4.79 Å². The highest BCUT2D eigenvalue weighted by atomic mass is 35.5. The summed E-state index contributed by atoms with van der Waals surface area (Å²) in [5.41, 5.74) is 3.60. The lowest BCUT2D eigenvalue weighted by Gasteiger charge is -2.21. The van der Waals surface area contributed by atoms with Crippen molar-refractivity contribution in [1.82, 2.24) is 15.1 Å². The average Bonchev–Trinajstić information content (AvgIpc) is 2.68. The molecule has 0 atom stereocenters. The summed E-state index contributed by atoms with van der Waals surface area (Å²) in [6.07, 6.45) is 0. The molecule has 1 N–H and O–H groups in total. The van der Waals surface area contributed by atoms with Crippen molar-refractivity contribution in [3.05, 3.63) is 47.3 Å². The maximum Gasteiger partial charge on any atom is 0.278 e. The number of aromatic nitrogens is 2. The third-order valence-corrected chi connectivity index (χ3v) is 3.69. The highest BCUT2D eigenvalue weighted by molar-refractivity contribution is 6.05. The van der Waals surface area contributed by atoms with Crippen molar-refractivity contribution in [2.45, 2.75) is 13.5 Å². The highest BCUT2D eigenvalue weighted by Crippen LogP contribution is 2.23. The Morgan fingerprint density at radius 1 is 1.33 bits per heavy atom. The summed E-state index contributed by atoms with van der Waals surface area (Å²) in [4.78, 5) is 14.5. The van der Waals surface area contributed by atoms with Crippen LogP contribution in [0.5, 0.6) is 0 Å². The molecule has 0 radical (unpaired) electrons. The number of nitrogens with one attached hydrogen (secondary N) is 1. The van der Waals surface area contributed by atoms with Gasteiger partial charge in [-0.25, -0.2) is 0 Å². The SMILES string of the molecule is Cc1cc(C(=O)N2CCNCc3ccccc32)nn1C.Cl. The summed E-state index contributed by atoms with van der Waals surface area (Å²) >= 11 is 0. The predicted octanol–water partition coefficient (Wildman–Crippen LogP) is 1.90. The molecule has 5 nitrogen and oxygen atoms in total. The number of anilines is 1. The van der Waals surface area contributed by atoms with E-state index >= 15 is 0 Å². The number of hydrogen-bond donors (Lipinski definition) is 1. The second-order valence-corrected chi connectivity index (χ2v) is 5.06. The Kier molecular flexibility index (Phi) is 4.65. The number of fused-ring (bicyclic) bond motifs is 1. The summed E-state index contributed by atoms with van der Waals surface area (Å²) in [5.74, 6) is -0.0372. The van der Waals surface area contributed by atoms with Gasteiger partial charge in [0.1, 0.15) is 0 Å². The number of para-hydroxylation sites is 1. The minimum absolute atomic E-state index is 0. The zero-order valence-corrected chi connectivity index (χ0v) is 13.0. The highest BCUT2D eigenvalue weighted by Gasteiger charge is 2.23. The number of benzene rings is 1. The zero-order valence-electron chi connectivity index (χ0n) is 12.2. The first kappa shape index (κ1) is 15.5. The molecule has 0 spiro atoms. The van der Waals surface area contributed by atoms with Gasteiger partial charge in [0.05, 0.1) is 0 Å². The summed E-state index contributed by atoms with van der Waals surface area (Å²) in [7, 11) is 1.85. The van der Waals surface area contributed by atoms with E-state index in [1.165, 1.54) is 0 Å². The van der Waals surface area contributed by atoms with Crippen LogP contribution in [0.4, 0.5) is 5.69 Å². The lowest BCUT2D eigenvalue weighted by atomic mass is 10.1. The van der Waals surface area contributed by atoms with Gasteiger partial charge in [0.15, 0.2) is 5.69 Å². The summed E-state index contributed by atoms with van der Waals surface area (Å²) in [5, 5.41) is 7.63. The number of carbonyl (C=O) groups excluding carboxylic acids is 1. The van der Waals surface area contributed by atoms with Crippen molar-refractivity contribution in [2.24, 2.45) is 7.05 Å². The van der Waals surface area contributed by atoms with Crippen LogP contribution in [0.25, 0.3) is 0 Å². The van der Waals surface area contributed by atoms with Gasteiger partial charge in [0.25, 0.3) is 5.91 Å². The summed E-state index contributed by atoms with van der Waals surface area (Å²) in [6.45, 7) is 4.18. The minimum atomic E-state index is -0.0372. The average molecular weight is 307 g/mol. The van der Waals surface area contributed by atoms with Crippen LogP contribution in [-0.2, 0) is 13.6 Å². The first-order valence-corrected chi connectivity index (χ1v) is 6.78. The Hall–Kier alpha value is -1.85. The fourth-order valence-electron chi connectivity index (χ4n) is 2.47. The number of amides is 1. The van der Waals surface area contributed by atoms with E-state index in [4.69, 9.17) is 0 Å². The Bertz CT molecular complexity index is 633. The molecule has 2 heterocycles. The largest absolute Gasteiger partial charge is 0.311 e. The molecular formula is C15H19ClN4O. The summed E-state index contributed by atoms with van der Waals surface area (Å²) < 4.78 is 1.73. The van der Waals surface area contributed by atoms with E-state index in [1.54, 1.807) is 4.68 Å². The van der Waals surface area contributed by atoms with Crippen LogP contribution in [0, 0.1) is 6.92 Å². The van der Waals surface area contributed by atoms with Gasteiger partial charge < -0.3 is 10.2 Å². The molecule has 1 aromatic heterocycles. The van der Waals surface area contributed by atoms with E-state index in [0.29, 0.717) is 12.2 Å². The Morgan fingerprint density at radius 2 is 2.10 bits per heavy atom. The number of nitrogens with zero attached hydrogens (tertiary/aromatic N) is 3. The van der Waals surface area contributed by atoms with Gasteiger partial charge in [-0.1, -0.05) is 18.2 Å². The molecule has 0 saturated carbocycles. The van der Waals surface area contributed by atoms with E-state index < -0.39 is 0 Å². The molecule has 1 aliphatic heterocycles. The van der Waals surface area contributed by atoms with Gasteiger partial charge in [-0.05, 0) is 24.6 Å². The molecule has 112 valence electrons. The number of carbonyl (C=O) groups is 1. The van der Waals surface area contributed by atoms with E-state index in [2.05, 4.69) is 16.5 Å². The fourth-order valence-corrected chi connectivity index (χ4v) is 2.47. The van der Waals surface area contributed by atoms with Crippen LogP contribution in [0.15, 0.2) is 30.3 Å². The minimum Gasteiger partial charge on any atom is -0.311 e. The van der Waals surface area contributed by atoms with Crippen LogP contribution < -0.4 is 10.2 Å². The zero-order chi connectivity index (χ0) is 14.1. The Balaban J connectivity index is 0.00000161. The maximum atomic E-state index is 12.7. The maximum absolute atomic E-state index is 12.7. The van der Waals surface area contributed by atoms with Gasteiger partial charge in [-0.15, -0.1) is 12.4 Å². The van der Waals surface area contributed by atoms with E-state index in [0.717, 1.165) is 30.0 Å². The number of aryl methyl sites for hydroxylation is 2. The topological polar surface area (TPSA) is 50.2 Å². The molecule has 1 aliphatic rings. The van der Waals surface area contributed by atoms with Crippen LogP contribution in [0.3, 0.4) is 0 Å². The third kappa shape index (κ3) is 2.94. The molecule has 2 aromatic rings. The molecule has 1 amide bonds. The standard InChI is InChI=1S/C15H18N4O.ClH/c1-11-9-13(17-18(11)2)15(20)19-8-7-16-10-12-5-3-4-6-14(12)19;/h3-6,9,16H,7-8,10H2,1-2H3;1H. The number of hydrogen-bond acceptors (Lipinski definition) is 3. The van der Waals surface area contributed by atoms with E-state index in [1.807, 2.05) is 43.1 Å². The normalized spacial score (nSPS) is 14.1. The molecule has 0 bridgehead atoms. The molecule has 1 aromatic carbocycles. The molecule has 0 unspecified atom stereocenters. The quantitative estimate of drug-likeness (QED) is 0.875. The lowest BCUT2D eigenvalue weighted by molar-refractivity contribution is 0.0982. The lowest BCUT2D eigenvalue weighted by Crippen LogP contribution is -2.35. The third-order valence-electron chi connectivity index (χ3n) is 3.69. The second kappa shape index (κ2) is 6.28. The monoisotopic (exact) mass is 306 g/mol. The van der Waals surface area contributed by atoms with Gasteiger partial charge in [-0.2, -0.15) is 5.10 Å². The van der Waals surface area contributed by atoms with Gasteiger partial charge in [0.2, 0.25) is 0 Å². The molecule has 0 aliphatic carbocycles. The molecule has 3 rings (SSSR count). The van der Waals surface area contributed by atoms with Gasteiger partial charge >= 0.3 is 0 Å². The van der Waals surface area contributed by atoms with Crippen molar-refractivity contribution in [2.75, 3.05) is 18.0 Å². The van der Waals surface area contributed by atoms with Crippen LogP contribution in [0.2, 0.25) is 0 Å². The van der Waals surface area contributed by atoms with Gasteiger partial charge in [-0.3, -0.25) is 9.48 Å². The van der Waals surface area contributed by atoms with Crippen LogP contribution in [0.1, 0.15) is 21.7 Å². The van der Waals surface area contributed by atoms with Crippen molar-refractivity contribution in [3.63, 3.8) is 0 Å². The van der Waals surface area contributed by atoms with Crippen molar-refractivity contribution >= 4 is 24.0 Å². The number of halogens is 1. The van der Waals surface area contributed by atoms with Crippen LogP contribution >= 0.6 is 12.4 Å². The molecule has 6 heteroatoms. The van der Waals surface area contributed by atoms with Crippen molar-refractivity contribution < 1.29 is 4.79 Å². The first-order valence-electron chi connectivity index (χ1n) is 6.78. The van der Waals surface area contributed by atoms with E-state index in [-0.39, 0.29) is 18.3 Å². The smallest absolute Gasteiger partial charge is 0.278 e. The van der Waals surface area contributed by atoms with Crippen LogP contribution in [-0.4, -0.2) is 28.8 Å². The molecule has 0 fully saturated rings. The number of rotatable bonds is 1. The first-order chi connectivity index (χ1) is 9.66.